The zero-order valence-electron chi connectivity index (χ0n) is 13.6. The lowest BCUT2D eigenvalue weighted by atomic mass is 10.1. The summed E-state index contributed by atoms with van der Waals surface area (Å²) in [6.07, 6.45) is 3.14. The van der Waals surface area contributed by atoms with Crippen molar-refractivity contribution in [2.24, 2.45) is 0 Å². The van der Waals surface area contributed by atoms with E-state index in [-0.39, 0.29) is 23.5 Å². The van der Waals surface area contributed by atoms with Gasteiger partial charge < -0.3 is 4.74 Å². The largest absolute Gasteiger partial charge is 0.495 e. The summed E-state index contributed by atoms with van der Waals surface area (Å²) in [5.74, 6) is 0.218. The molecule has 22 heavy (non-hydrogen) atoms. The van der Waals surface area contributed by atoms with E-state index < -0.39 is 0 Å². The van der Waals surface area contributed by atoms with Gasteiger partial charge >= 0.3 is 0 Å². The predicted octanol–water partition coefficient (Wildman–Crippen LogP) is 4.70. The Morgan fingerprint density at radius 2 is 1.55 bits per heavy atom. The third kappa shape index (κ3) is 5.06. The average molecular weight is 308 g/mol. The highest BCUT2D eigenvalue weighted by atomic mass is 19.1. The molecule has 0 aliphatic heterocycles. The number of methoxy groups -OCH3 is 1. The maximum atomic E-state index is 13.1. The average Bonchev–Trinajstić information content (AvgIpc) is 2.47. The summed E-state index contributed by atoms with van der Waals surface area (Å²) >= 11 is 0. The topological polar surface area (TPSA) is 35.0 Å². The van der Waals surface area contributed by atoms with Crippen LogP contribution in [0.2, 0.25) is 0 Å². The monoisotopic (exact) mass is 308 g/mol. The van der Waals surface area contributed by atoms with Crippen LogP contribution < -0.4 is 4.74 Å². The van der Waals surface area contributed by atoms with Crippen LogP contribution in [-0.4, -0.2) is 17.1 Å². The van der Waals surface area contributed by atoms with E-state index in [1.807, 2.05) is 27.7 Å². The number of hydrogen-bond donors (Lipinski definition) is 0. The first-order valence-corrected chi connectivity index (χ1v) is 7.16. The Balaban J connectivity index is 0.000000224. The van der Waals surface area contributed by atoms with Crippen LogP contribution in [0.3, 0.4) is 0 Å². The van der Waals surface area contributed by atoms with Gasteiger partial charge in [0.15, 0.2) is 0 Å². The van der Waals surface area contributed by atoms with Crippen LogP contribution in [0.4, 0.5) is 8.78 Å². The minimum Gasteiger partial charge on any atom is -0.495 e. The Labute approximate surface area is 130 Å². The molecule has 0 fully saturated rings. The first kappa shape index (κ1) is 18.0. The normalized spacial score (nSPS) is 10.4. The summed E-state index contributed by atoms with van der Waals surface area (Å²) in [4.78, 5) is 7.85. The van der Waals surface area contributed by atoms with E-state index >= 15 is 0 Å². The molecule has 0 aromatic carbocycles. The number of aromatic nitrogens is 2. The molecule has 120 valence electrons. The van der Waals surface area contributed by atoms with Gasteiger partial charge in [-0.1, -0.05) is 27.7 Å². The van der Waals surface area contributed by atoms with E-state index in [0.717, 1.165) is 0 Å². The number of rotatable bonds is 3. The minimum absolute atomic E-state index is 0.107. The fourth-order valence-corrected chi connectivity index (χ4v) is 1.79. The highest BCUT2D eigenvalue weighted by molar-refractivity contribution is 5.22. The summed E-state index contributed by atoms with van der Waals surface area (Å²) in [5.41, 5.74) is 1.03. The van der Waals surface area contributed by atoms with Gasteiger partial charge in [-0.25, -0.2) is 8.78 Å². The van der Waals surface area contributed by atoms with E-state index in [9.17, 15) is 8.78 Å². The summed E-state index contributed by atoms with van der Waals surface area (Å²) in [5, 5.41) is 0. The molecule has 3 nitrogen and oxygen atoms in total. The van der Waals surface area contributed by atoms with Crippen LogP contribution in [-0.2, 0) is 0 Å². The zero-order valence-corrected chi connectivity index (χ0v) is 13.6. The van der Waals surface area contributed by atoms with Crippen LogP contribution >= 0.6 is 0 Å². The van der Waals surface area contributed by atoms with Crippen LogP contribution in [0, 0.1) is 11.6 Å². The minimum atomic E-state index is -0.302. The molecule has 2 aromatic rings. The Bertz CT molecular complexity index is 601. The molecular weight excluding hydrogens is 286 g/mol. The number of hydrogen-bond acceptors (Lipinski definition) is 3. The first-order chi connectivity index (χ1) is 10.4. The van der Waals surface area contributed by atoms with Crippen molar-refractivity contribution in [2.75, 3.05) is 7.11 Å². The molecule has 0 amide bonds. The van der Waals surface area contributed by atoms with Crippen LogP contribution in [0.15, 0.2) is 30.6 Å². The lowest BCUT2D eigenvalue weighted by molar-refractivity contribution is 0.407. The van der Waals surface area contributed by atoms with Crippen LogP contribution in [0.1, 0.15) is 50.9 Å². The summed E-state index contributed by atoms with van der Waals surface area (Å²) in [6, 6.07) is 4.38. The predicted molar refractivity (Wildman–Crippen MR) is 83.1 cm³/mol. The van der Waals surface area contributed by atoms with Gasteiger partial charge in [0, 0.05) is 12.3 Å². The quantitative estimate of drug-likeness (QED) is 0.824. The lowest BCUT2D eigenvalue weighted by Crippen LogP contribution is -1.97. The van der Waals surface area contributed by atoms with E-state index in [0.29, 0.717) is 17.1 Å². The van der Waals surface area contributed by atoms with Crippen molar-refractivity contribution in [3.05, 3.63) is 53.6 Å². The molecule has 0 atom stereocenters. The summed E-state index contributed by atoms with van der Waals surface area (Å²) < 4.78 is 30.8. The lowest BCUT2D eigenvalue weighted by Gasteiger charge is -2.06. The van der Waals surface area contributed by atoms with Crippen LogP contribution in [0.25, 0.3) is 0 Å². The van der Waals surface area contributed by atoms with Crippen molar-refractivity contribution in [3.63, 3.8) is 0 Å². The fraction of sp³-hybridized carbons (Fsp3) is 0.412. The molecule has 0 saturated carbocycles. The molecule has 5 heteroatoms. The van der Waals surface area contributed by atoms with Crippen molar-refractivity contribution >= 4 is 0 Å². The molecule has 0 radical (unpaired) electrons. The van der Waals surface area contributed by atoms with Crippen molar-refractivity contribution < 1.29 is 13.5 Å². The van der Waals surface area contributed by atoms with Crippen molar-refractivity contribution in [1.82, 2.24) is 9.97 Å². The Morgan fingerprint density at radius 3 is 1.95 bits per heavy atom. The van der Waals surface area contributed by atoms with Gasteiger partial charge in [-0.15, -0.1) is 0 Å². The Hall–Kier alpha value is -2.04. The van der Waals surface area contributed by atoms with E-state index in [4.69, 9.17) is 4.74 Å². The SMILES string of the molecule is CC(C)c1ncccc1F.COc1cnc(C(C)C)c(F)c1. The van der Waals surface area contributed by atoms with E-state index in [1.165, 1.54) is 25.4 Å². The Kier molecular flexibility index (Phi) is 6.89. The second-order valence-corrected chi connectivity index (χ2v) is 5.42. The van der Waals surface area contributed by atoms with Gasteiger partial charge in [0.25, 0.3) is 0 Å². The third-order valence-corrected chi connectivity index (χ3v) is 2.96. The summed E-state index contributed by atoms with van der Waals surface area (Å²) in [7, 11) is 1.49. The molecule has 0 N–H and O–H groups in total. The molecule has 0 unspecified atom stereocenters. The fourth-order valence-electron chi connectivity index (χ4n) is 1.79. The highest BCUT2D eigenvalue weighted by Crippen LogP contribution is 2.19. The number of ether oxygens (including phenoxy) is 1. The first-order valence-electron chi connectivity index (χ1n) is 7.16. The van der Waals surface area contributed by atoms with Crippen molar-refractivity contribution in [2.45, 2.75) is 39.5 Å². The molecule has 2 heterocycles. The molecule has 0 bridgehead atoms. The summed E-state index contributed by atoms with van der Waals surface area (Å²) in [6.45, 7) is 7.65. The maximum absolute atomic E-state index is 13.1. The molecule has 0 saturated heterocycles. The van der Waals surface area contributed by atoms with Gasteiger partial charge in [-0.3, -0.25) is 9.97 Å². The van der Waals surface area contributed by atoms with E-state index in [1.54, 1.807) is 12.3 Å². The number of nitrogens with zero attached hydrogens (tertiary/aromatic N) is 2. The van der Waals surface area contributed by atoms with Crippen molar-refractivity contribution in [3.8, 4) is 5.75 Å². The number of pyridine rings is 2. The number of halogens is 2. The maximum Gasteiger partial charge on any atom is 0.148 e. The van der Waals surface area contributed by atoms with Gasteiger partial charge in [-0.2, -0.15) is 0 Å². The molecular formula is C17H22F2N2O. The van der Waals surface area contributed by atoms with E-state index in [2.05, 4.69) is 9.97 Å². The Morgan fingerprint density at radius 1 is 0.955 bits per heavy atom. The van der Waals surface area contributed by atoms with Gasteiger partial charge in [0.1, 0.15) is 17.4 Å². The molecule has 0 spiro atoms. The molecule has 0 aliphatic rings. The third-order valence-electron chi connectivity index (χ3n) is 2.96. The second kappa shape index (κ2) is 8.41. The highest BCUT2D eigenvalue weighted by Gasteiger charge is 2.08. The van der Waals surface area contributed by atoms with Gasteiger partial charge in [-0.05, 0) is 24.0 Å². The van der Waals surface area contributed by atoms with Crippen molar-refractivity contribution in [1.29, 1.82) is 0 Å². The zero-order chi connectivity index (χ0) is 16.7. The van der Waals surface area contributed by atoms with Crippen LogP contribution in [0.5, 0.6) is 5.75 Å². The molecule has 2 aromatic heterocycles. The van der Waals surface area contributed by atoms with Gasteiger partial charge in [0.2, 0.25) is 0 Å². The second-order valence-electron chi connectivity index (χ2n) is 5.42. The standard InChI is InChI=1S/C9H12FNO.C8H10FN/c1-6(2)9-8(10)4-7(12-3)5-11-9;1-6(2)8-7(9)4-3-5-10-8/h4-6H,1-3H3;3-6H,1-2H3. The molecule has 2 rings (SSSR count). The smallest absolute Gasteiger partial charge is 0.148 e. The molecule has 0 aliphatic carbocycles. The van der Waals surface area contributed by atoms with Gasteiger partial charge in [0.05, 0.1) is 24.7 Å².